The normalized spacial score (nSPS) is 13.6. The molecule has 1 N–H and O–H groups in total. The molecule has 2 rings (SSSR count). The number of aromatic nitrogens is 2. The summed E-state index contributed by atoms with van der Waals surface area (Å²) in [5.74, 6) is 0. The zero-order valence-electron chi connectivity index (χ0n) is 9.89. The summed E-state index contributed by atoms with van der Waals surface area (Å²) < 4.78 is 40.1. The maximum absolute atomic E-state index is 12.9. The second kappa shape index (κ2) is 4.90. The minimum Gasteiger partial charge on any atom is -0.382 e. The summed E-state index contributed by atoms with van der Waals surface area (Å²) in [6, 6.07) is 4.92. The minimum atomic E-state index is -4.51. The maximum atomic E-state index is 12.9. The van der Waals surface area contributed by atoms with E-state index in [1.807, 2.05) is 0 Å². The van der Waals surface area contributed by atoms with Crippen LogP contribution in [-0.2, 0) is 13.2 Å². The van der Waals surface area contributed by atoms with E-state index in [-0.39, 0.29) is 11.3 Å². The minimum absolute atomic E-state index is 0.202. The Morgan fingerprint density at radius 1 is 1.32 bits per heavy atom. The van der Waals surface area contributed by atoms with Gasteiger partial charge in [-0.1, -0.05) is 18.2 Å². The molecule has 1 aromatic heterocycles. The summed E-state index contributed by atoms with van der Waals surface area (Å²) in [5.41, 5.74) is -0.808. The van der Waals surface area contributed by atoms with Crippen LogP contribution in [0.15, 0.2) is 35.6 Å². The van der Waals surface area contributed by atoms with Crippen LogP contribution >= 0.6 is 12.6 Å². The Morgan fingerprint density at radius 3 is 2.47 bits per heavy atom. The fourth-order valence-electron chi connectivity index (χ4n) is 1.82. The van der Waals surface area contributed by atoms with Crippen LogP contribution in [0.25, 0.3) is 0 Å². The lowest BCUT2D eigenvalue weighted by atomic mass is 10.00. The Balaban J connectivity index is 2.51. The number of hydrogen-bond acceptors (Lipinski definition) is 3. The number of rotatable bonds is 2. The highest BCUT2D eigenvalue weighted by Gasteiger charge is 2.35. The molecule has 7 heteroatoms. The van der Waals surface area contributed by atoms with Crippen LogP contribution in [0, 0.1) is 0 Å². The van der Waals surface area contributed by atoms with E-state index >= 15 is 0 Å². The first-order valence-corrected chi connectivity index (χ1v) is 5.82. The van der Waals surface area contributed by atoms with Gasteiger partial charge in [-0.25, -0.2) is 4.98 Å². The van der Waals surface area contributed by atoms with Crippen molar-refractivity contribution in [3.8, 4) is 0 Å². The summed E-state index contributed by atoms with van der Waals surface area (Å²) >= 11 is 4.03. The zero-order chi connectivity index (χ0) is 14.2. The van der Waals surface area contributed by atoms with Gasteiger partial charge in [-0.2, -0.15) is 13.2 Å². The van der Waals surface area contributed by atoms with Gasteiger partial charge in [-0.05, 0) is 11.6 Å². The molecule has 0 aliphatic carbocycles. The van der Waals surface area contributed by atoms with Crippen LogP contribution in [0.3, 0.4) is 0 Å². The molecule has 0 radical (unpaired) electrons. The van der Waals surface area contributed by atoms with E-state index in [2.05, 4.69) is 17.6 Å². The SMILES string of the molecule is Cn1c(C(O)c2ccccc2C(F)(F)F)cnc1S. The first-order valence-electron chi connectivity index (χ1n) is 5.37. The third kappa shape index (κ3) is 2.62. The highest BCUT2D eigenvalue weighted by Crippen LogP contribution is 2.36. The summed E-state index contributed by atoms with van der Waals surface area (Å²) in [5, 5.41) is 10.5. The average Bonchev–Trinajstić information content (AvgIpc) is 2.68. The quantitative estimate of drug-likeness (QED) is 0.834. The highest BCUT2D eigenvalue weighted by atomic mass is 32.1. The molecule has 0 fully saturated rings. The molecular formula is C12H11F3N2OS. The fraction of sp³-hybridized carbons (Fsp3) is 0.250. The molecule has 1 heterocycles. The summed E-state index contributed by atoms with van der Waals surface area (Å²) in [7, 11) is 1.57. The first-order chi connectivity index (χ1) is 8.82. The van der Waals surface area contributed by atoms with Gasteiger partial charge in [0.05, 0.1) is 17.5 Å². The van der Waals surface area contributed by atoms with Gasteiger partial charge in [0, 0.05) is 7.05 Å². The number of alkyl halides is 3. The van der Waals surface area contributed by atoms with Crippen molar-refractivity contribution in [2.24, 2.45) is 7.05 Å². The molecule has 0 saturated carbocycles. The Morgan fingerprint density at radius 2 is 1.95 bits per heavy atom. The molecule has 102 valence electrons. The predicted molar refractivity (Wildman–Crippen MR) is 66.0 cm³/mol. The lowest BCUT2D eigenvalue weighted by Crippen LogP contribution is -2.14. The van der Waals surface area contributed by atoms with Crippen molar-refractivity contribution in [2.75, 3.05) is 0 Å². The van der Waals surface area contributed by atoms with Crippen LogP contribution < -0.4 is 0 Å². The van der Waals surface area contributed by atoms with Crippen molar-refractivity contribution in [3.05, 3.63) is 47.3 Å². The highest BCUT2D eigenvalue weighted by molar-refractivity contribution is 7.80. The Bertz CT molecular complexity index is 595. The van der Waals surface area contributed by atoms with Gasteiger partial charge in [0.1, 0.15) is 6.10 Å². The van der Waals surface area contributed by atoms with Gasteiger partial charge in [-0.15, -0.1) is 12.6 Å². The van der Waals surface area contributed by atoms with E-state index in [0.717, 1.165) is 6.07 Å². The van der Waals surface area contributed by atoms with E-state index < -0.39 is 17.8 Å². The standard InChI is InChI=1S/C12H11F3N2OS/c1-17-9(6-16-11(17)19)10(18)7-4-2-3-5-8(7)12(13,14)15/h2-6,10,18H,1H3,(H,16,19). The number of aliphatic hydroxyl groups is 1. The molecule has 0 aliphatic heterocycles. The lowest BCUT2D eigenvalue weighted by molar-refractivity contribution is -0.139. The molecule has 2 aromatic rings. The van der Waals surface area contributed by atoms with Gasteiger partial charge in [0.15, 0.2) is 5.16 Å². The topological polar surface area (TPSA) is 38.0 Å². The lowest BCUT2D eigenvalue weighted by Gasteiger charge is -2.17. The van der Waals surface area contributed by atoms with E-state index in [1.165, 1.54) is 29.0 Å². The van der Waals surface area contributed by atoms with Crippen LogP contribution in [0.4, 0.5) is 13.2 Å². The van der Waals surface area contributed by atoms with Crippen LogP contribution in [0.2, 0.25) is 0 Å². The number of thiol groups is 1. The van der Waals surface area contributed by atoms with Crippen LogP contribution in [0.1, 0.15) is 22.9 Å². The molecule has 1 unspecified atom stereocenters. The average molecular weight is 288 g/mol. The molecule has 0 amide bonds. The molecule has 1 aromatic carbocycles. The Labute approximate surface area is 113 Å². The third-order valence-corrected chi connectivity index (χ3v) is 3.26. The molecule has 0 bridgehead atoms. The van der Waals surface area contributed by atoms with Crippen molar-refractivity contribution >= 4 is 12.6 Å². The van der Waals surface area contributed by atoms with Gasteiger partial charge >= 0.3 is 6.18 Å². The molecule has 19 heavy (non-hydrogen) atoms. The van der Waals surface area contributed by atoms with Gasteiger partial charge < -0.3 is 9.67 Å². The van der Waals surface area contributed by atoms with Gasteiger partial charge in [0.2, 0.25) is 0 Å². The first kappa shape index (κ1) is 14.0. The number of hydrogen-bond donors (Lipinski definition) is 2. The van der Waals surface area contributed by atoms with E-state index in [0.29, 0.717) is 5.16 Å². The fourth-order valence-corrected chi connectivity index (χ4v) is 1.99. The number of halogens is 3. The second-order valence-electron chi connectivity index (χ2n) is 4.03. The summed E-state index contributed by atoms with van der Waals surface area (Å²) in [4.78, 5) is 3.84. The van der Waals surface area contributed by atoms with E-state index in [9.17, 15) is 18.3 Å². The zero-order valence-corrected chi connectivity index (χ0v) is 10.8. The molecule has 0 saturated heterocycles. The van der Waals surface area contributed by atoms with E-state index in [1.54, 1.807) is 7.05 Å². The van der Waals surface area contributed by atoms with Crippen molar-refractivity contribution in [1.82, 2.24) is 9.55 Å². The van der Waals surface area contributed by atoms with Crippen molar-refractivity contribution < 1.29 is 18.3 Å². The molecule has 0 aliphatic rings. The number of nitrogens with zero attached hydrogens (tertiary/aromatic N) is 2. The van der Waals surface area contributed by atoms with Crippen LogP contribution in [0.5, 0.6) is 0 Å². The summed E-state index contributed by atoms with van der Waals surface area (Å²) in [6.45, 7) is 0. The molecule has 3 nitrogen and oxygen atoms in total. The van der Waals surface area contributed by atoms with Gasteiger partial charge in [0.25, 0.3) is 0 Å². The molecule has 1 atom stereocenters. The van der Waals surface area contributed by atoms with Crippen LogP contribution in [-0.4, -0.2) is 14.7 Å². The number of benzene rings is 1. The van der Waals surface area contributed by atoms with E-state index in [4.69, 9.17) is 0 Å². The molecular weight excluding hydrogens is 277 g/mol. The predicted octanol–water partition coefficient (Wildman–Crippen LogP) is 2.81. The Hall–Kier alpha value is -1.47. The Kier molecular flexibility index (Phi) is 3.60. The number of imidazole rings is 1. The van der Waals surface area contributed by atoms with Crippen molar-refractivity contribution in [1.29, 1.82) is 0 Å². The second-order valence-corrected chi connectivity index (χ2v) is 4.43. The smallest absolute Gasteiger partial charge is 0.382 e. The van der Waals surface area contributed by atoms with Crippen molar-refractivity contribution in [3.63, 3.8) is 0 Å². The summed E-state index contributed by atoms with van der Waals surface area (Å²) in [6.07, 6.45) is -4.61. The monoisotopic (exact) mass is 288 g/mol. The van der Waals surface area contributed by atoms with Crippen molar-refractivity contribution in [2.45, 2.75) is 17.4 Å². The number of aliphatic hydroxyl groups excluding tert-OH is 1. The van der Waals surface area contributed by atoms with Gasteiger partial charge in [-0.3, -0.25) is 0 Å². The molecule has 0 spiro atoms. The largest absolute Gasteiger partial charge is 0.416 e. The third-order valence-electron chi connectivity index (χ3n) is 2.84. The maximum Gasteiger partial charge on any atom is 0.416 e.